The Hall–Kier alpha value is -2.96. The molecule has 7 heteroatoms. The Morgan fingerprint density at radius 3 is 2.91 bits per heavy atom. The topological polar surface area (TPSA) is 98.9 Å². The van der Waals surface area contributed by atoms with Crippen LogP contribution in [0.15, 0.2) is 33.8 Å². The summed E-state index contributed by atoms with van der Waals surface area (Å²) in [5, 5.41) is 21.9. The molecule has 1 aromatic carbocycles. The van der Waals surface area contributed by atoms with Gasteiger partial charge in [-0.25, -0.2) is 0 Å². The number of benzene rings is 1. The number of nitriles is 2. The van der Waals surface area contributed by atoms with Crippen LogP contribution in [-0.4, -0.2) is 16.4 Å². The number of nitrogens with zero attached hydrogens (tertiary/aromatic N) is 5. The Bertz CT molecular complexity index is 839. The minimum atomic E-state index is 0.200. The van der Waals surface area contributed by atoms with E-state index in [1.165, 1.54) is 6.21 Å². The Labute approximate surface area is 138 Å². The molecule has 0 amide bonds. The Morgan fingerprint density at radius 1 is 1.39 bits per heavy atom. The van der Waals surface area contributed by atoms with Crippen LogP contribution in [0.5, 0.6) is 0 Å². The monoisotopic (exact) mass is 325 g/mol. The molecule has 0 saturated carbocycles. The average Bonchev–Trinajstić information content (AvgIpc) is 3.03. The molecule has 0 aliphatic rings. The van der Waals surface area contributed by atoms with Gasteiger partial charge in [-0.15, -0.1) is 0 Å². The van der Waals surface area contributed by atoms with Crippen molar-refractivity contribution in [3.05, 3.63) is 40.7 Å². The molecule has 0 radical (unpaired) electrons. The number of allylic oxidation sites excluding steroid dienone is 1. The van der Waals surface area contributed by atoms with Gasteiger partial charge in [0.2, 0.25) is 5.82 Å². The molecule has 0 spiro atoms. The minimum Gasteiger partial charge on any atom is -0.334 e. The lowest BCUT2D eigenvalue weighted by Crippen LogP contribution is -1.87. The van der Waals surface area contributed by atoms with Gasteiger partial charge in [-0.3, -0.25) is 4.99 Å². The molecule has 23 heavy (non-hydrogen) atoms. The molecule has 0 saturated heterocycles. The smallest absolute Gasteiger partial charge is 0.258 e. The molecule has 2 aromatic rings. The molecule has 0 N–H and O–H groups in total. The van der Waals surface area contributed by atoms with E-state index >= 15 is 0 Å². The SMILES string of the molecule is CC/C=C(\N=CCC#N)c1noc(-c2cc(Cl)cc(C#N)c2)n1. The van der Waals surface area contributed by atoms with E-state index in [4.69, 9.17) is 26.6 Å². The molecule has 0 unspecified atom stereocenters. The number of hydrogen-bond acceptors (Lipinski definition) is 6. The Kier molecular flexibility index (Phi) is 5.62. The first-order valence-corrected chi connectivity index (χ1v) is 7.20. The van der Waals surface area contributed by atoms with Gasteiger partial charge >= 0.3 is 0 Å². The maximum absolute atomic E-state index is 8.99. The summed E-state index contributed by atoms with van der Waals surface area (Å²) in [6, 6.07) is 8.81. The first-order chi connectivity index (χ1) is 11.2. The van der Waals surface area contributed by atoms with E-state index < -0.39 is 0 Å². The maximum Gasteiger partial charge on any atom is 0.258 e. The van der Waals surface area contributed by atoms with Crippen molar-refractivity contribution < 1.29 is 4.52 Å². The predicted octanol–water partition coefficient (Wildman–Crippen LogP) is 4.00. The summed E-state index contributed by atoms with van der Waals surface area (Å²) in [7, 11) is 0. The fraction of sp³-hybridized carbons (Fsp3) is 0.188. The highest BCUT2D eigenvalue weighted by Gasteiger charge is 2.13. The van der Waals surface area contributed by atoms with Crippen molar-refractivity contribution >= 4 is 23.5 Å². The molecule has 114 valence electrons. The Morgan fingerprint density at radius 2 is 2.22 bits per heavy atom. The molecule has 2 rings (SSSR count). The van der Waals surface area contributed by atoms with Crippen molar-refractivity contribution in [1.82, 2.24) is 10.1 Å². The van der Waals surface area contributed by atoms with Crippen LogP contribution >= 0.6 is 11.6 Å². The van der Waals surface area contributed by atoms with E-state index in [9.17, 15) is 0 Å². The average molecular weight is 326 g/mol. The van der Waals surface area contributed by atoms with E-state index in [0.717, 1.165) is 6.42 Å². The standard InChI is InChI=1S/C16H12ClN5O/c1-2-4-14(20-6-3-5-18)15-21-16(23-22-15)12-7-11(10-19)8-13(17)9-12/h4,6-9H,2-3H2,1H3/b14-4-,20-6?. The van der Waals surface area contributed by atoms with Gasteiger partial charge in [0.25, 0.3) is 5.89 Å². The highest BCUT2D eigenvalue weighted by atomic mass is 35.5. The third-order valence-electron chi connectivity index (χ3n) is 2.74. The molecule has 1 aromatic heterocycles. The molecule has 0 fully saturated rings. The molecule has 1 heterocycles. The van der Waals surface area contributed by atoms with Crippen molar-refractivity contribution in [2.75, 3.05) is 0 Å². The number of hydrogen-bond donors (Lipinski definition) is 0. The number of aliphatic imine (C=N–C) groups is 1. The van der Waals surface area contributed by atoms with Crippen molar-refractivity contribution in [2.45, 2.75) is 19.8 Å². The second-order valence-corrected chi connectivity index (χ2v) is 4.87. The second-order valence-electron chi connectivity index (χ2n) is 4.44. The fourth-order valence-electron chi connectivity index (χ4n) is 1.80. The Balaban J connectivity index is 2.36. The molecule has 0 bridgehead atoms. The second kappa shape index (κ2) is 7.88. The first-order valence-electron chi connectivity index (χ1n) is 6.82. The van der Waals surface area contributed by atoms with Crippen LogP contribution in [-0.2, 0) is 0 Å². The summed E-state index contributed by atoms with van der Waals surface area (Å²) in [6.45, 7) is 1.96. The largest absolute Gasteiger partial charge is 0.334 e. The summed E-state index contributed by atoms with van der Waals surface area (Å²) < 4.78 is 5.23. The zero-order chi connectivity index (χ0) is 16.7. The van der Waals surface area contributed by atoms with Gasteiger partial charge in [0, 0.05) is 16.8 Å². The van der Waals surface area contributed by atoms with Crippen LogP contribution in [0.4, 0.5) is 0 Å². The lowest BCUT2D eigenvalue weighted by molar-refractivity contribution is 0.428. The molecule has 0 aliphatic carbocycles. The van der Waals surface area contributed by atoms with Gasteiger partial charge in [-0.2, -0.15) is 15.5 Å². The number of rotatable bonds is 5. The molecule has 0 atom stereocenters. The van der Waals surface area contributed by atoms with Crippen molar-refractivity contribution in [3.63, 3.8) is 0 Å². The van der Waals surface area contributed by atoms with Gasteiger partial charge in [0.1, 0.15) is 5.70 Å². The van der Waals surface area contributed by atoms with E-state index in [0.29, 0.717) is 27.7 Å². The van der Waals surface area contributed by atoms with Gasteiger partial charge in [-0.05, 0) is 24.6 Å². The summed E-state index contributed by atoms with van der Waals surface area (Å²) in [5.74, 6) is 0.561. The summed E-state index contributed by atoms with van der Waals surface area (Å²) in [6.07, 6.45) is 4.26. The molecular formula is C16H12ClN5O. The van der Waals surface area contributed by atoms with Gasteiger partial charge < -0.3 is 4.52 Å². The summed E-state index contributed by atoms with van der Waals surface area (Å²) in [4.78, 5) is 8.47. The summed E-state index contributed by atoms with van der Waals surface area (Å²) in [5.41, 5.74) is 1.49. The van der Waals surface area contributed by atoms with Gasteiger partial charge in [0.15, 0.2) is 0 Å². The van der Waals surface area contributed by atoms with Crippen LogP contribution in [0, 0.1) is 22.7 Å². The lowest BCUT2D eigenvalue weighted by Gasteiger charge is -1.97. The quantitative estimate of drug-likeness (QED) is 0.773. The third kappa shape index (κ3) is 4.26. The fourth-order valence-corrected chi connectivity index (χ4v) is 2.04. The molecular weight excluding hydrogens is 314 g/mol. The van der Waals surface area contributed by atoms with Crippen LogP contribution < -0.4 is 0 Å². The summed E-state index contributed by atoms with van der Waals surface area (Å²) >= 11 is 5.98. The van der Waals surface area contributed by atoms with E-state index in [1.54, 1.807) is 18.2 Å². The minimum absolute atomic E-state index is 0.200. The molecule has 0 aliphatic heterocycles. The maximum atomic E-state index is 8.99. The zero-order valence-corrected chi connectivity index (χ0v) is 13.1. The third-order valence-corrected chi connectivity index (χ3v) is 2.96. The lowest BCUT2D eigenvalue weighted by atomic mass is 10.1. The van der Waals surface area contributed by atoms with Gasteiger partial charge in [-0.1, -0.05) is 29.8 Å². The molecule has 6 nitrogen and oxygen atoms in total. The zero-order valence-electron chi connectivity index (χ0n) is 12.3. The van der Waals surface area contributed by atoms with Crippen LogP contribution in [0.2, 0.25) is 5.02 Å². The van der Waals surface area contributed by atoms with Crippen molar-refractivity contribution in [2.24, 2.45) is 4.99 Å². The van der Waals surface area contributed by atoms with Crippen molar-refractivity contribution in [1.29, 1.82) is 10.5 Å². The van der Waals surface area contributed by atoms with Crippen molar-refractivity contribution in [3.8, 4) is 23.6 Å². The van der Waals surface area contributed by atoms with Crippen LogP contribution in [0.25, 0.3) is 17.2 Å². The normalized spacial score (nSPS) is 11.4. The first kappa shape index (κ1) is 16.4. The van der Waals surface area contributed by atoms with E-state index in [1.807, 2.05) is 25.1 Å². The van der Waals surface area contributed by atoms with E-state index in [-0.39, 0.29) is 12.3 Å². The predicted molar refractivity (Wildman–Crippen MR) is 86.4 cm³/mol. The highest BCUT2D eigenvalue weighted by molar-refractivity contribution is 6.31. The highest BCUT2D eigenvalue weighted by Crippen LogP contribution is 2.25. The van der Waals surface area contributed by atoms with Gasteiger partial charge in [0.05, 0.1) is 24.1 Å². The number of halogens is 1. The van der Waals surface area contributed by atoms with Crippen LogP contribution in [0.1, 0.15) is 31.2 Å². The van der Waals surface area contributed by atoms with E-state index in [2.05, 4.69) is 15.1 Å². The number of aromatic nitrogens is 2. The van der Waals surface area contributed by atoms with Crippen LogP contribution in [0.3, 0.4) is 0 Å².